The van der Waals surface area contributed by atoms with E-state index in [0.29, 0.717) is 0 Å². The van der Waals surface area contributed by atoms with Crippen LogP contribution in [0.2, 0.25) is 0 Å². The molecule has 0 heterocycles. The first-order chi connectivity index (χ1) is 6.25. The fourth-order valence-electron chi connectivity index (χ4n) is 1.03. The predicted molar refractivity (Wildman–Crippen MR) is 54.9 cm³/mol. The fraction of sp³-hybridized carbons (Fsp3) is 0.200. The van der Waals surface area contributed by atoms with E-state index in [9.17, 15) is 4.79 Å². The highest BCUT2D eigenvalue weighted by Gasteiger charge is 2.12. The molecule has 1 unspecified atom stereocenters. The third-order valence-electron chi connectivity index (χ3n) is 1.83. The minimum atomic E-state index is -0.249. The van der Waals surface area contributed by atoms with Crippen LogP contribution in [-0.2, 0) is 4.79 Å². The maximum atomic E-state index is 11.2. The molecule has 66 valence electrons. The van der Waals surface area contributed by atoms with Gasteiger partial charge >= 0.3 is 0 Å². The van der Waals surface area contributed by atoms with Crippen molar-refractivity contribution < 1.29 is 4.79 Å². The lowest BCUT2D eigenvalue weighted by Gasteiger charge is -2.05. The first-order valence-corrected chi connectivity index (χ1v) is 4.33. The quantitative estimate of drug-likeness (QED) is 0.530. The summed E-state index contributed by atoms with van der Waals surface area (Å²) in [4.78, 5) is 14.7. The number of hydrogen-bond donors (Lipinski definition) is 0. The van der Waals surface area contributed by atoms with E-state index in [4.69, 9.17) is 0 Å². The summed E-state index contributed by atoms with van der Waals surface area (Å²) >= 11 is 4.36. The first kappa shape index (κ1) is 9.78. The topological polar surface area (TPSA) is 29.4 Å². The van der Waals surface area contributed by atoms with Crippen LogP contribution in [0.15, 0.2) is 35.3 Å². The summed E-state index contributed by atoms with van der Waals surface area (Å²) in [5.41, 5.74) is 0.946. The lowest BCUT2D eigenvalue weighted by atomic mass is 10.0. The maximum absolute atomic E-state index is 11.2. The van der Waals surface area contributed by atoms with Gasteiger partial charge < -0.3 is 0 Å². The molecule has 0 aliphatic carbocycles. The summed E-state index contributed by atoms with van der Waals surface area (Å²) in [6, 6.07) is 9.46. The van der Waals surface area contributed by atoms with Crippen LogP contribution < -0.4 is 0 Å². The zero-order valence-electron chi connectivity index (χ0n) is 7.23. The zero-order chi connectivity index (χ0) is 9.68. The molecule has 0 aliphatic rings. The number of nitrogens with zero attached hydrogens (tertiary/aromatic N) is 1. The number of carbonyl (C=O) groups excluding carboxylic acids is 1. The standard InChI is InChI=1S/C10H9NOS/c1-8(10(12)11-7-13)9-5-3-2-4-6-9/h2-6,8H,1H3. The summed E-state index contributed by atoms with van der Waals surface area (Å²) in [7, 11) is 0. The molecular weight excluding hydrogens is 182 g/mol. The molecule has 0 radical (unpaired) electrons. The molecule has 1 rings (SSSR count). The van der Waals surface area contributed by atoms with Crippen molar-refractivity contribution in [2.24, 2.45) is 4.99 Å². The molecule has 1 atom stereocenters. The molecule has 0 saturated heterocycles. The van der Waals surface area contributed by atoms with Gasteiger partial charge in [0.2, 0.25) is 0 Å². The predicted octanol–water partition coefficient (Wildman–Crippen LogP) is 2.42. The van der Waals surface area contributed by atoms with E-state index < -0.39 is 0 Å². The molecule has 13 heavy (non-hydrogen) atoms. The van der Waals surface area contributed by atoms with Gasteiger partial charge in [-0.15, -0.1) is 0 Å². The number of hydrogen-bond acceptors (Lipinski definition) is 2. The van der Waals surface area contributed by atoms with Gasteiger partial charge in [0.05, 0.1) is 11.1 Å². The average molecular weight is 191 g/mol. The highest BCUT2D eigenvalue weighted by atomic mass is 32.1. The van der Waals surface area contributed by atoms with Crippen LogP contribution in [-0.4, -0.2) is 11.1 Å². The number of rotatable bonds is 2. The van der Waals surface area contributed by atoms with Gasteiger partial charge in [-0.2, -0.15) is 4.99 Å². The highest BCUT2D eigenvalue weighted by Crippen LogP contribution is 2.15. The van der Waals surface area contributed by atoms with E-state index in [1.54, 1.807) is 6.92 Å². The summed E-state index contributed by atoms with van der Waals surface area (Å²) in [5.74, 6) is -0.488. The molecule has 0 bridgehead atoms. The van der Waals surface area contributed by atoms with Gasteiger partial charge in [0.15, 0.2) is 0 Å². The van der Waals surface area contributed by atoms with Crippen LogP contribution in [0.3, 0.4) is 0 Å². The molecular formula is C10H9NOS. The normalized spacial score (nSPS) is 11.5. The molecule has 0 aliphatic heterocycles. The van der Waals surface area contributed by atoms with E-state index in [0.717, 1.165) is 5.56 Å². The van der Waals surface area contributed by atoms with E-state index in [-0.39, 0.29) is 11.8 Å². The zero-order valence-corrected chi connectivity index (χ0v) is 8.04. The Labute approximate surface area is 82.3 Å². The second-order valence-corrected chi connectivity index (χ2v) is 2.86. The van der Waals surface area contributed by atoms with E-state index in [1.165, 1.54) is 0 Å². The van der Waals surface area contributed by atoms with Crippen molar-refractivity contribution in [1.82, 2.24) is 0 Å². The monoisotopic (exact) mass is 191 g/mol. The molecule has 1 aromatic rings. The Hall–Kier alpha value is -1.31. The van der Waals surface area contributed by atoms with Crippen molar-refractivity contribution in [3.63, 3.8) is 0 Å². The fourth-order valence-corrected chi connectivity index (χ4v) is 1.12. The molecule has 1 aromatic carbocycles. The van der Waals surface area contributed by atoms with Crippen LogP contribution in [0, 0.1) is 0 Å². The van der Waals surface area contributed by atoms with Crippen molar-refractivity contribution in [2.45, 2.75) is 12.8 Å². The second kappa shape index (κ2) is 4.65. The Bertz CT molecular complexity index is 341. The second-order valence-electron chi connectivity index (χ2n) is 2.67. The van der Waals surface area contributed by atoms with Crippen LogP contribution >= 0.6 is 12.2 Å². The Morgan fingerprint density at radius 3 is 2.62 bits per heavy atom. The minimum absolute atomic E-state index is 0.239. The van der Waals surface area contributed by atoms with Crippen LogP contribution in [0.4, 0.5) is 0 Å². The molecule has 0 aromatic heterocycles. The van der Waals surface area contributed by atoms with Crippen LogP contribution in [0.5, 0.6) is 0 Å². The molecule has 2 nitrogen and oxygen atoms in total. The van der Waals surface area contributed by atoms with Crippen molar-refractivity contribution in [3.05, 3.63) is 35.9 Å². The van der Waals surface area contributed by atoms with Crippen molar-refractivity contribution in [2.75, 3.05) is 0 Å². The first-order valence-electron chi connectivity index (χ1n) is 3.92. The number of amides is 1. The summed E-state index contributed by atoms with van der Waals surface area (Å²) in [5, 5.41) is 2.08. The lowest BCUT2D eigenvalue weighted by molar-refractivity contribution is -0.118. The SMILES string of the molecule is CC(C(=O)N=C=S)c1ccccc1. The van der Waals surface area contributed by atoms with Gasteiger partial charge in [-0.25, -0.2) is 0 Å². The highest BCUT2D eigenvalue weighted by molar-refractivity contribution is 7.78. The van der Waals surface area contributed by atoms with Gasteiger partial charge in [-0.1, -0.05) is 30.3 Å². The molecule has 3 heteroatoms. The number of thiocarbonyl (C=S) groups is 1. The number of benzene rings is 1. The Balaban J connectivity index is 2.85. The summed E-state index contributed by atoms with van der Waals surface area (Å²) in [6.07, 6.45) is 0. The third-order valence-corrected chi connectivity index (χ3v) is 1.92. The third kappa shape index (κ3) is 2.58. The number of carbonyl (C=O) groups is 1. The van der Waals surface area contributed by atoms with Gasteiger partial charge in [0.25, 0.3) is 5.91 Å². The van der Waals surface area contributed by atoms with Crippen LogP contribution in [0.25, 0.3) is 0 Å². The van der Waals surface area contributed by atoms with Gasteiger partial charge in [-0.3, -0.25) is 4.79 Å². The number of isothiocyanates is 1. The maximum Gasteiger partial charge on any atom is 0.261 e. The molecule has 0 N–H and O–H groups in total. The van der Waals surface area contributed by atoms with Gasteiger partial charge in [0, 0.05) is 0 Å². The van der Waals surface area contributed by atoms with E-state index in [1.807, 2.05) is 30.3 Å². The van der Waals surface area contributed by atoms with Crippen molar-refractivity contribution >= 4 is 23.3 Å². The van der Waals surface area contributed by atoms with E-state index >= 15 is 0 Å². The van der Waals surface area contributed by atoms with Crippen molar-refractivity contribution in [3.8, 4) is 0 Å². The smallest absolute Gasteiger partial charge is 0.261 e. The average Bonchev–Trinajstić information content (AvgIpc) is 2.18. The molecule has 0 saturated carbocycles. The molecule has 1 amide bonds. The Morgan fingerprint density at radius 2 is 2.08 bits per heavy atom. The van der Waals surface area contributed by atoms with Gasteiger partial charge in [-0.05, 0) is 24.7 Å². The Morgan fingerprint density at radius 1 is 1.46 bits per heavy atom. The molecule has 0 spiro atoms. The van der Waals surface area contributed by atoms with Crippen LogP contribution in [0.1, 0.15) is 18.4 Å². The summed E-state index contributed by atoms with van der Waals surface area (Å²) < 4.78 is 0. The van der Waals surface area contributed by atoms with E-state index in [2.05, 4.69) is 22.4 Å². The largest absolute Gasteiger partial charge is 0.271 e. The Kier molecular flexibility index (Phi) is 3.50. The number of aliphatic imine (C=N–C) groups is 1. The lowest BCUT2D eigenvalue weighted by Crippen LogP contribution is -2.05. The summed E-state index contributed by atoms with van der Waals surface area (Å²) in [6.45, 7) is 1.80. The minimum Gasteiger partial charge on any atom is -0.271 e. The molecule has 0 fully saturated rings. The van der Waals surface area contributed by atoms with Crippen molar-refractivity contribution in [1.29, 1.82) is 0 Å². The van der Waals surface area contributed by atoms with Gasteiger partial charge in [0.1, 0.15) is 0 Å².